The molecule has 0 amide bonds. The monoisotopic (exact) mass is 325 g/mol. The number of aromatic nitrogens is 1. The van der Waals surface area contributed by atoms with Gasteiger partial charge in [0, 0.05) is 27.9 Å². The van der Waals surface area contributed by atoms with Crippen molar-refractivity contribution in [3.63, 3.8) is 0 Å². The highest BCUT2D eigenvalue weighted by Gasteiger charge is 2.18. The Bertz CT molecular complexity index is 953. The summed E-state index contributed by atoms with van der Waals surface area (Å²) in [6.07, 6.45) is -0.0699. The summed E-state index contributed by atoms with van der Waals surface area (Å²) in [5, 5.41) is 1.74. The van der Waals surface area contributed by atoms with Gasteiger partial charge in [0.15, 0.2) is 5.78 Å². The van der Waals surface area contributed by atoms with Crippen molar-refractivity contribution in [3.05, 3.63) is 41.5 Å². The number of aromatic amines is 1. The summed E-state index contributed by atoms with van der Waals surface area (Å²) >= 11 is 0. The second-order valence-electron chi connectivity index (χ2n) is 5.99. The summed E-state index contributed by atoms with van der Waals surface area (Å²) in [4.78, 5) is 27.1. The van der Waals surface area contributed by atoms with Crippen molar-refractivity contribution in [1.29, 1.82) is 0 Å². The summed E-state index contributed by atoms with van der Waals surface area (Å²) in [6.45, 7) is 5.33. The molecule has 0 fully saturated rings. The van der Waals surface area contributed by atoms with E-state index >= 15 is 0 Å². The van der Waals surface area contributed by atoms with Crippen molar-refractivity contribution in [2.24, 2.45) is 0 Å². The van der Waals surface area contributed by atoms with Gasteiger partial charge in [0.2, 0.25) is 0 Å². The Labute approximate surface area is 139 Å². The van der Waals surface area contributed by atoms with Crippen LogP contribution in [0, 0.1) is 0 Å². The van der Waals surface area contributed by atoms with E-state index in [1.54, 1.807) is 18.2 Å². The highest BCUT2D eigenvalue weighted by atomic mass is 16.5. The fourth-order valence-corrected chi connectivity index (χ4v) is 2.77. The van der Waals surface area contributed by atoms with Crippen molar-refractivity contribution in [2.75, 3.05) is 7.11 Å². The number of hydrogen-bond acceptors (Lipinski definition) is 4. The minimum Gasteiger partial charge on any atom is -0.490 e. The second kappa shape index (κ2) is 6.00. The van der Waals surface area contributed by atoms with Crippen LogP contribution in [-0.4, -0.2) is 30.0 Å². The van der Waals surface area contributed by atoms with Crippen molar-refractivity contribution in [2.45, 2.75) is 26.9 Å². The number of benzene rings is 2. The van der Waals surface area contributed by atoms with E-state index in [1.807, 2.05) is 26.0 Å². The fraction of sp³-hybridized carbons (Fsp3) is 0.263. The number of fused-ring (bicyclic) bond motifs is 3. The molecule has 0 aliphatic carbocycles. The van der Waals surface area contributed by atoms with Crippen molar-refractivity contribution in [1.82, 2.24) is 4.98 Å². The maximum absolute atomic E-state index is 12.1. The lowest BCUT2D eigenvalue weighted by Crippen LogP contribution is -2.11. The zero-order chi connectivity index (χ0) is 17.4. The van der Waals surface area contributed by atoms with Crippen LogP contribution < -0.4 is 4.74 Å². The lowest BCUT2D eigenvalue weighted by Gasteiger charge is -2.13. The fourth-order valence-electron chi connectivity index (χ4n) is 2.77. The van der Waals surface area contributed by atoms with Crippen LogP contribution in [0.5, 0.6) is 5.75 Å². The van der Waals surface area contributed by atoms with Gasteiger partial charge in [-0.15, -0.1) is 0 Å². The molecular formula is C19H19NO4. The topological polar surface area (TPSA) is 68.4 Å². The molecule has 0 saturated carbocycles. The molecule has 0 spiro atoms. The minimum atomic E-state index is -0.454. The van der Waals surface area contributed by atoms with Gasteiger partial charge in [-0.05, 0) is 45.0 Å². The molecule has 5 heteroatoms. The van der Waals surface area contributed by atoms with E-state index in [2.05, 4.69) is 4.98 Å². The Morgan fingerprint density at radius 1 is 1.04 bits per heavy atom. The van der Waals surface area contributed by atoms with Crippen molar-refractivity contribution < 1.29 is 19.1 Å². The quantitative estimate of drug-likeness (QED) is 0.579. The predicted octanol–water partition coefficient (Wildman–Crippen LogP) is 4.10. The predicted molar refractivity (Wildman–Crippen MR) is 92.9 cm³/mol. The number of ether oxygens (including phenoxy) is 2. The van der Waals surface area contributed by atoms with Gasteiger partial charge < -0.3 is 14.5 Å². The normalized spacial score (nSPS) is 11.2. The molecule has 1 heterocycles. The number of nitrogens with one attached hydrogen (secondary N) is 1. The molecule has 3 aromatic rings. The number of hydrogen-bond donors (Lipinski definition) is 1. The Hall–Kier alpha value is -2.82. The highest BCUT2D eigenvalue weighted by Crippen LogP contribution is 2.33. The third-order valence-corrected chi connectivity index (χ3v) is 3.87. The number of esters is 1. The smallest absolute Gasteiger partial charge is 0.341 e. The van der Waals surface area contributed by atoms with Crippen LogP contribution in [0.25, 0.3) is 21.8 Å². The zero-order valence-electron chi connectivity index (χ0n) is 14.1. The Kier molecular flexibility index (Phi) is 4.01. The van der Waals surface area contributed by atoms with E-state index in [9.17, 15) is 9.59 Å². The summed E-state index contributed by atoms with van der Waals surface area (Å²) in [7, 11) is 1.34. The van der Waals surface area contributed by atoms with Crippen LogP contribution in [0.15, 0.2) is 30.3 Å². The van der Waals surface area contributed by atoms with Crippen molar-refractivity contribution >= 4 is 33.6 Å². The van der Waals surface area contributed by atoms with Gasteiger partial charge in [0.05, 0.1) is 18.7 Å². The molecule has 0 unspecified atom stereocenters. The minimum absolute atomic E-state index is 0.000738. The van der Waals surface area contributed by atoms with Gasteiger partial charge in [0.25, 0.3) is 0 Å². The van der Waals surface area contributed by atoms with Crippen LogP contribution in [0.2, 0.25) is 0 Å². The number of ketones is 1. The van der Waals surface area contributed by atoms with Gasteiger partial charge in [-0.1, -0.05) is 0 Å². The highest BCUT2D eigenvalue weighted by molar-refractivity contribution is 6.12. The molecule has 24 heavy (non-hydrogen) atoms. The average molecular weight is 325 g/mol. The summed E-state index contributed by atoms with van der Waals surface area (Å²) < 4.78 is 10.6. The van der Waals surface area contributed by atoms with Crippen molar-refractivity contribution in [3.8, 4) is 5.75 Å². The Morgan fingerprint density at radius 2 is 1.75 bits per heavy atom. The van der Waals surface area contributed by atoms with E-state index in [0.717, 1.165) is 21.8 Å². The van der Waals surface area contributed by atoms with Crippen LogP contribution in [0.1, 0.15) is 41.5 Å². The molecule has 1 aromatic heterocycles. The third-order valence-electron chi connectivity index (χ3n) is 3.87. The molecule has 124 valence electrons. The molecule has 5 nitrogen and oxygen atoms in total. The van der Waals surface area contributed by atoms with E-state index in [1.165, 1.54) is 14.0 Å². The first kappa shape index (κ1) is 16.1. The molecular weight excluding hydrogens is 306 g/mol. The number of methoxy groups -OCH3 is 1. The Morgan fingerprint density at radius 3 is 2.38 bits per heavy atom. The van der Waals surface area contributed by atoms with E-state index in [0.29, 0.717) is 16.9 Å². The lowest BCUT2D eigenvalue weighted by molar-refractivity contribution is 0.0594. The van der Waals surface area contributed by atoms with Gasteiger partial charge in [-0.2, -0.15) is 0 Å². The number of Topliss-reactive ketones (excluding diaryl/α,β-unsaturated/α-hetero) is 1. The molecule has 0 aliphatic heterocycles. The zero-order valence-corrected chi connectivity index (χ0v) is 14.1. The van der Waals surface area contributed by atoms with Gasteiger partial charge >= 0.3 is 5.97 Å². The molecule has 0 aliphatic rings. The molecule has 0 saturated heterocycles. The molecule has 2 aromatic carbocycles. The van der Waals surface area contributed by atoms with Crippen LogP contribution in [0.3, 0.4) is 0 Å². The number of H-pyrrole nitrogens is 1. The van der Waals surface area contributed by atoms with Crippen LogP contribution >= 0.6 is 0 Å². The Balaban J connectivity index is 2.30. The molecule has 0 radical (unpaired) electrons. The first-order chi connectivity index (χ1) is 11.4. The summed E-state index contributed by atoms with van der Waals surface area (Å²) in [6, 6.07) is 9.04. The first-order valence-corrected chi connectivity index (χ1v) is 7.76. The van der Waals surface area contributed by atoms with Crippen LogP contribution in [-0.2, 0) is 4.74 Å². The van der Waals surface area contributed by atoms with Gasteiger partial charge in [-0.3, -0.25) is 4.79 Å². The maximum Gasteiger partial charge on any atom is 0.341 e. The molecule has 1 N–H and O–H groups in total. The average Bonchev–Trinajstić information content (AvgIpc) is 2.89. The number of rotatable bonds is 4. The number of carbonyl (C=O) groups excluding carboxylic acids is 2. The summed E-state index contributed by atoms with van der Waals surface area (Å²) in [5.41, 5.74) is 2.74. The number of carbonyl (C=O) groups is 2. The molecule has 0 atom stereocenters. The second-order valence-corrected chi connectivity index (χ2v) is 5.99. The summed E-state index contributed by atoms with van der Waals surface area (Å²) in [5.74, 6) is 0.0199. The van der Waals surface area contributed by atoms with Gasteiger partial charge in [0.1, 0.15) is 11.3 Å². The largest absolute Gasteiger partial charge is 0.490 e. The standard InChI is InChI=1S/C19H19NO4/c1-10(2)24-18-9-17-14(8-15(18)19(22)23-4)13-7-12(11(3)21)5-6-16(13)20-17/h5-10,20H,1-4H3. The maximum atomic E-state index is 12.1. The van der Waals surface area contributed by atoms with Gasteiger partial charge in [-0.25, -0.2) is 4.79 Å². The van der Waals surface area contributed by atoms with E-state index in [-0.39, 0.29) is 11.9 Å². The van der Waals surface area contributed by atoms with Crippen LogP contribution in [0.4, 0.5) is 0 Å². The first-order valence-electron chi connectivity index (χ1n) is 7.76. The lowest BCUT2D eigenvalue weighted by atomic mass is 10.0. The molecule has 3 rings (SSSR count). The SMILES string of the molecule is COC(=O)c1cc2c(cc1OC(C)C)[nH]c1ccc(C(C)=O)cc12. The third kappa shape index (κ3) is 2.73. The molecule has 0 bridgehead atoms. The van der Waals surface area contributed by atoms with E-state index < -0.39 is 5.97 Å². The van der Waals surface area contributed by atoms with E-state index in [4.69, 9.17) is 9.47 Å².